The Bertz CT molecular complexity index is 41.7. The molecule has 0 rings (SSSR count). The van der Waals surface area contributed by atoms with Crippen LogP contribution in [-0.2, 0) is 0 Å². The highest BCUT2D eigenvalue weighted by atomic mass is 14.8. The highest BCUT2D eigenvalue weighted by Gasteiger charge is 1.88. The van der Waals surface area contributed by atoms with Gasteiger partial charge in [0.2, 0.25) is 0 Å². The third-order valence-corrected chi connectivity index (χ3v) is 0.901. The van der Waals surface area contributed by atoms with Crippen molar-refractivity contribution in [2.75, 3.05) is 13.1 Å². The van der Waals surface area contributed by atoms with Crippen molar-refractivity contribution < 1.29 is 0 Å². The van der Waals surface area contributed by atoms with Crippen LogP contribution in [-0.4, -0.2) is 13.1 Å². The van der Waals surface area contributed by atoms with Crippen LogP contribution in [0.15, 0.2) is 0 Å². The molecule has 0 atom stereocenters. The van der Waals surface area contributed by atoms with Gasteiger partial charge in [-0.3, -0.25) is 0 Å². The van der Waals surface area contributed by atoms with Crippen molar-refractivity contribution >= 4 is 0 Å². The normalized spacial score (nSPS) is 10.5. The summed E-state index contributed by atoms with van der Waals surface area (Å²) in [6.07, 6.45) is 2.13. The zero-order chi connectivity index (χ0) is 6.41. The molecule has 0 saturated carbocycles. The Balaban J connectivity index is 2.72. The predicted molar refractivity (Wildman–Crippen MR) is 37.7 cm³/mol. The first-order valence-corrected chi connectivity index (χ1v) is 3.26. The summed E-state index contributed by atoms with van der Waals surface area (Å²) >= 11 is 0. The van der Waals surface area contributed by atoms with Crippen LogP contribution in [0, 0.1) is 12.3 Å². The van der Waals surface area contributed by atoms with Crippen molar-refractivity contribution in [3.8, 4) is 0 Å². The molecule has 0 aromatic carbocycles. The molecule has 1 heteroatoms. The van der Waals surface area contributed by atoms with Crippen molar-refractivity contribution in [3.63, 3.8) is 0 Å². The van der Waals surface area contributed by atoms with Gasteiger partial charge in [-0.15, -0.1) is 0 Å². The minimum atomic E-state index is 0.773. The van der Waals surface area contributed by atoms with Gasteiger partial charge in [0.05, 0.1) is 0 Å². The topological polar surface area (TPSA) is 12.0 Å². The molecule has 0 amide bonds. The summed E-state index contributed by atoms with van der Waals surface area (Å²) in [5.41, 5.74) is 0. The van der Waals surface area contributed by atoms with Gasteiger partial charge in [0.25, 0.3) is 0 Å². The molecule has 0 fully saturated rings. The Hall–Kier alpha value is -0.0400. The molecule has 49 valence electrons. The molecule has 0 unspecified atom stereocenters. The van der Waals surface area contributed by atoms with E-state index in [1.54, 1.807) is 0 Å². The lowest BCUT2D eigenvalue weighted by molar-refractivity contribution is 0.570. The smallest absolute Gasteiger partial charge is 0.00200 e. The summed E-state index contributed by atoms with van der Waals surface area (Å²) in [5, 5.41) is 3.28. The first kappa shape index (κ1) is 7.96. The van der Waals surface area contributed by atoms with Crippen LogP contribution in [0.4, 0.5) is 0 Å². The summed E-state index contributed by atoms with van der Waals surface area (Å²) in [7, 11) is 0. The molecular formula is C7H16N. The van der Waals surface area contributed by atoms with Gasteiger partial charge in [-0.05, 0) is 25.4 Å². The second-order valence-electron chi connectivity index (χ2n) is 2.46. The van der Waals surface area contributed by atoms with E-state index in [0.29, 0.717) is 0 Å². The third-order valence-electron chi connectivity index (χ3n) is 0.901. The zero-order valence-electron chi connectivity index (χ0n) is 6.07. The molecule has 0 heterocycles. The van der Waals surface area contributed by atoms with Crippen LogP contribution in [0.2, 0.25) is 0 Å². The van der Waals surface area contributed by atoms with Crippen LogP contribution in [0.5, 0.6) is 0 Å². The molecule has 8 heavy (non-hydrogen) atoms. The Morgan fingerprint density at radius 3 is 2.50 bits per heavy atom. The van der Waals surface area contributed by atoms with Gasteiger partial charge in [-0.1, -0.05) is 20.8 Å². The second kappa shape index (κ2) is 5.10. The summed E-state index contributed by atoms with van der Waals surface area (Å²) in [6, 6.07) is 0. The van der Waals surface area contributed by atoms with Crippen molar-refractivity contribution in [1.82, 2.24) is 5.32 Å². The Morgan fingerprint density at radius 1 is 1.50 bits per heavy atom. The second-order valence-corrected chi connectivity index (χ2v) is 2.46. The maximum absolute atomic E-state index is 3.28. The van der Waals surface area contributed by atoms with Gasteiger partial charge in [0.1, 0.15) is 0 Å². The van der Waals surface area contributed by atoms with Gasteiger partial charge in [0.15, 0.2) is 0 Å². The average molecular weight is 114 g/mol. The average Bonchev–Trinajstić information content (AvgIpc) is 1.66. The van der Waals surface area contributed by atoms with E-state index in [9.17, 15) is 0 Å². The van der Waals surface area contributed by atoms with E-state index in [2.05, 4.69) is 32.5 Å². The molecule has 0 spiro atoms. The largest absolute Gasteiger partial charge is 0.316 e. The molecule has 0 aliphatic heterocycles. The van der Waals surface area contributed by atoms with Gasteiger partial charge >= 0.3 is 0 Å². The van der Waals surface area contributed by atoms with E-state index in [-0.39, 0.29) is 0 Å². The maximum atomic E-state index is 3.28. The van der Waals surface area contributed by atoms with E-state index in [1.807, 2.05) is 0 Å². The van der Waals surface area contributed by atoms with E-state index >= 15 is 0 Å². The van der Waals surface area contributed by atoms with Crippen molar-refractivity contribution in [2.24, 2.45) is 5.92 Å². The predicted octanol–water partition coefficient (Wildman–Crippen LogP) is 1.46. The number of hydrogen-bond donors (Lipinski definition) is 1. The van der Waals surface area contributed by atoms with Crippen molar-refractivity contribution in [1.29, 1.82) is 0 Å². The van der Waals surface area contributed by atoms with E-state index in [1.165, 1.54) is 0 Å². The number of rotatable bonds is 4. The Morgan fingerprint density at radius 2 is 2.12 bits per heavy atom. The fourth-order valence-corrected chi connectivity index (χ4v) is 0.516. The maximum Gasteiger partial charge on any atom is -0.00200 e. The molecule has 1 N–H and O–H groups in total. The minimum Gasteiger partial charge on any atom is -0.316 e. The SMILES string of the molecule is C[CH]CNCC(C)C. The van der Waals surface area contributed by atoms with Gasteiger partial charge in [-0.25, -0.2) is 0 Å². The Kier molecular flexibility index (Phi) is 5.08. The first-order chi connectivity index (χ1) is 3.77. The molecular weight excluding hydrogens is 98.1 g/mol. The molecule has 0 aliphatic carbocycles. The molecule has 0 saturated heterocycles. The Labute approximate surface area is 52.5 Å². The summed E-state index contributed by atoms with van der Waals surface area (Å²) in [4.78, 5) is 0. The highest BCUT2D eigenvalue weighted by molar-refractivity contribution is 4.60. The number of nitrogens with one attached hydrogen (secondary N) is 1. The van der Waals surface area contributed by atoms with Crippen LogP contribution >= 0.6 is 0 Å². The highest BCUT2D eigenvalue weighted by Crippen LogP contribution is 1.85. The van der Waals surface area contributed by atoms with Gasteiger partial charge < -0.3 is 5.32 Å². The van der Waals surface area contributed by atoms with E-state index < -0.39 is 0 Å². The van der Waals surface area contributed by atoms with Crippen molar-refractivity contribution in [2.45, 2.75) is 20.8 Å². The summed E-state index contributed by atoms with van der Waals surface area (Å²) in [6.45, 7) is 8.65. The molecule has 0 aliphatic rings. The van der Waals surface area contributed by atoms with E-state index in [4.69, 9.17) is 0 Å². The molecule has 0 aromatic heterocycles. The molecule has 0 aromatic rings. The first-order valence-electron chi connectivity index (χ1n) is 3.26. The summed E-state index contributed by atoms with van der Waals surface area (Å²) < 4.78 is 0. The van der Waals surface area contributed by atoms with Gasteiger partial charge in [-0.2, -0.15) is 0 Å². The summed E-state index contributed by atoms with van der Waals surface area (Å²) in [5.74, 6) is 0.773. The lowest BCUT2D eigenvalue weighted by Gasteiger charge is -2.03. The lowest BCUT2D eigenvalue weighted by atomic mass is 10.2. The van der Waals surface area contributed by atoms with Gasteiger partial charge in [0, 0.05) is 0 Å². The van der Waals surface area contributed by atoms with E-state index in [0.717, 1.165) is 19.0 Å². The number of hydrogen-bond acceptors (Lipinski definition) is 1. The third kappa shape index (κ3) is 5.96. The quantitative estimate of drug-likeness (QED) is 0.545. The van der Waals surface area contributed by atoms with Crippen molar-refractivity contribution in [3.05, 3.63) is 6.42 Å². The fourth-order valence-electron chi connectivity index (χ4n) is 0.516. The van der Waals surface area contributed by atoms with Crippen LogP contribution in [0.1, 0.15) is 20.8 Å². The van der Waals surface area contributed by atoms with Crippen LogP contribution in [0.3, 0.4) is 0 Å². The zero-order valence-corrected chi connectivity index (χ0v) is 6.07. The van der Waals surface area contributed by atoms with Crippen LogP contribution < -0.4 is 5.32 Å². The molecule has 1 nitrogen and oxygen atoms in total. The minimum absolute atomic E-state index is 0.773. The molecule has 0 bridgehead atoms. The van der Waals surface area contributed by atoms with Crippen LogP contribution in [0.25, 0.3) is 0 Å². The molecule has 1 radical (unpaired) electrons. The standard InChI is InChI=1S/C7H16N/c1-4-5-8-6-7(2)3/h4,7-8H,5-6H2,1-3H3. The monoisotopic (exact) mass is 114 g/mol. The fraction of sp³-hybridized carbons (Fsp3) is 0.857. The lowest BCUT2D eigenvalue weighted by Crippen LogP contribution is -2.20.